The number of fused-ring (bicyclic) bond motifs is 7. The first-order chi connectivity index (χ1) is 17.9. The fourth-order valence-electron chi connectivity index (χ4n) is 10.1. The highest BCUT2D eigenvalue weighted by atomic mass is 16.5. The summed E-state index contributed by atoms with van der Waals surface area (Å²) >= 11 is 0. The maximum atomic E-state index is 11.6. The van der Waals surface area contributed by atoms with Crippen molar-refractivity contribution in [2.45, 2.75) is 124 Å². The van der Waals surface area contributed by atoms with Gasteiger partial charge in [0.25, 0.3) is 0 Å². The quantitative estimate of drug-likeness (QED) is 0.284. The number of hydrogen-bond acceptors (Lipinski definition) is 4. The summed E-state index contributed by atoms with van der Waals surface area (Å²) in [5.74, 6) is 4.26. The van der Waals surface area contributed by atoms with Crippen LogP contribution in [-0.2, 0) is 19.1 Å². The number of carbonyl (C=O) groups excluding carboxylic acids is 2. The molecule has 0 unspecified atom stereocenters. The number of ether oxygens (including phenoxy) is 2. The molecular formula is C33H51NO4. The van der Waals surface area contributed by atoms with Crippen LogP contribution in [0.5, 0.6) is 0 Å². The molecule has 5 nitrogen and oxygen atoms in total. The number of rotatable bonds is 7. The highest BCUT2D eigenvalue weighted by Gasteiger charge is 2.68. The van der Waals surface area contributed by atoms with Crippen molar-refractivity contribution in [3.8, 4) is 0 Å². The number of amides is 1. The van der Waals surface area contributed by atoms with E-state index >= 15 is 0 Å². The third-order valence-corrected chi connectivity index (χ3v) is 11.9. The third kappa shape index (κ3) is 4.44. The van der Waals surface area contributed by atoms with E-state index < -0.39 is 0 Å². The molecule has 0 aromatic heterocycles. The molecule has 1 aliphatic heterocycles. The van der Waals surface area contributed by atoms with E-state index in [0.717, 1.165) is 56.9 Å². The summed E-state index contributed by atoms with van der Waals surface area (Å²) in [5.41, 5.74) is 3.57. The van der Waals surface area contributed by atoms with Crippen LogP contribution in [0.2, 0.25) is 0 Å². The normalized spacial score (nSPS) is 42.2. The molecule has 0 aromatic carbocycles. The SMILES string of the molecule is CC[C@]12C[C@@H]3[C@@H]4CC=C5C[C@H](OC(C)=O)CC[C@]5(C)[C@@H]4CC[C@]3(C)[C@H]1C(C)=C(CC[C@H](C)CNC(C)=O)O2. The van der Waals surface area contributed by atoms with E-state index in [1.54, 1.807) is 12.5 Å². The Bertz CT molecular complexity index is 1030. The highest BCUT2D eigenvalue weighted by molar-refractivity contribution is 5.72. The van der Waals surface area contributed by atoms with Gasteiger partial charge in [0, 0.05) is 39.2 Å². The lowest BCUT2D eigenvalue weighted by Crippen LogP contribution is -2.50. The molecule has 5 rings (SSSR count). The molecule has 0 spiro atoms. The minimum absolute atomic E-state index is 0.0491. The fourth-order valence-corrected chi connectivity index (χ4v) is 10.1. The van der Waals surface area contributed by atoms with Gasteiger partial charge in [0.15, 0.2) is 0 Å². The van der Waals surface area contributed by atoms with E-state index in [0.29, 0.717) is 23.2 Å². The second kappa shape index (κ2) is 10.0. The van der Waals surface area contributed by atoms with Crippen LogP contribution in [0.15, 0.2) is 23.0 Å². The molecule has 0 aromatic rings. The van der Waals surface area contributed by atoms with Crippen LogP contribution >= 0.6 is 0 Å². The number of nitrogens with one attached hydrogen (secondary N) is 1. The second-order valence-corrected chi connectivity index (χ2v) is 14.1. The van der Waals surface area contributed by atoms with Crippen molar-refractivity contribution in [2.75, 3.05) is 6.54 Å². The molecule has 4 aliphatic carbocycles. The van der Waals surface area contributed by atoms with Crippen molar-refractivity contribution in [1.29, 1.82) is 0 Å². The second-order valence-electron chi connectivity index (χ2n) is 14.1. The first-order valence-corrected chi connectivity index (χ1v) is 15.4. The molecule has 3 saturated carbocycles. The number of hydrogen-bond donors (Lipinski definition) is 1. The van der Waals surface area contributed by atoms with Gasteiger partial charge in [-0.3, -0.25) is 9.59 Å². The Hall–Kier alpha value is -1.78. The van der Waals surface area contributed by atoms with Crippen LogP contribution in [0.4, 0.5) is 0 Å². The summed E-state index contributed by atoms with van der Waals surface area (Å²) in [4.78, 5) is 22.9. The summed E-state index contributed by atoms with van der Waals surface area (Å²) < 4.78 is 12.7. The van der Waals surface area contributed by atoms with Gasteiger partial charge < -0.3 is 14.8 Å². The largest absolute Gasteiger partial charge is 0.491 e. The highest BCUT2D eigenvalue weighted by Crippen LogP contribution is 2.72. The minimum atomic E-state index is -0.145. The van der Waals surface area contributed by atoms with E-state index in [-0.39, 0.29) is 29.0 Å². The van der Waals surface area contributed by atoms with Crippen LogP contribution in [0, 0.1) is 40.4 Å². The fraction of sp³-hybridized carbons (Fsp3) is 0.818. The maximum absolute atomic E-state index is 11.6. The lowest BCUT2D eigenvalue weighted by Gasteiger charge is -2.58. The molecule has 1 N–H and O–H groups in total. The zero-order valence-electron chi connectivity index (χ0n) is 25.0. The Kier molecular flexibility index (Phi) is 7.31. The molecule has 3 fully saturated rings. The number of esters is 1. The van der Waals surface area contributed by atoms with E-state index in [2.05, 4.69) is 46.0 Å². The van der Waals surface area contributed by atoms with Gasteiger partial charge in [-0.2, -0.15) is 0 Å². The van der Waals surface area contributed by atoms with Crippen LogP contribution in [0.25, 0.3) is 0 Å². The third-order valence-electron chi connectivity index (χ3n) is 11.9. The Morgan fingerprint density at radius 3 is 2.63 bits per heavy atom. The molecule has 212 valence electrons. The molecule has 38 heavy (non-hydrogen) atoms. The van der Waals surface area contributed by atoms with Gasteiger partial charge in [-0.05, 0) is 98.4 Å². The average molecular weight is 526 g/mol. The Balaban J connectivity index is 1.35. The van der Waals surface area contributed by atoms with Crippen LogP contribution in [0.1, 0.15) is 113 Å². The molecule has 0 saturated heterocycles. The van der Waals surface area contributed by atoms with Crippen molar-refractivity contribution in [3.63, 3.8) is 0 Å². The number of carbonyl (C=O) groups is 2. The van der Waals surface area contributed by atoms with Gasteiger partial charge in [-0.1, -0.05) is 39.3 Å². The predicted molar refractivity (Wildman–Crippen MR) is 150 cm³/mol. The van der Waals surface area contributed by atoms with Gasteiger partial charge in [0.1, 0.15) is 11.7 Å². The van der Waals surface area contributed by atoms with Crippen molar-refractivity contribution in [1.82, 2.24) is 5.32 Å². The molecule has 0 radical (unpaired) electrons. The molecule has 5 heteroatoms. The molecular weight excluding hydrogens is 474 g/mol. The van der Waals surface area contributed by atoms with Gasteiger partial charge in [-0.15, -0.1) is 0 Å². The monoisotopic (exact) mass is 525 g/mol. The maximum Gasteiger partial charge on any atom is 0.302 e. The Labute approximate surface area is 230 Å². The van der Waals surface area contributed by atoms with Crippen molar-refractivity contribution >= 4 is 11.9 Å². The molecule has 0 bridgehead atoms. The lowest BCUT2D eigenvalue weighted by molar-refractivity contribution is -0.148. The summed E-state index contributed by atoms with van der Waals surface area (Å²) in [5, 5.41) is 2.97. The summed E-state index contributed by atoms with van der Waals surface area (Å²) in [6.45, 7) is 15.9. The van der Waals surface area contributed by atoms with Crippen molar-refractivity contribution < 1.29 is 19.1 Å². The average Bonchev–Trinajstić information content (AvgIpc) is 3.30. The molecule has 9 atom stereocenters. The van der Waals surface area contributed by atoms with Gasteiger partial charge in [-0.25, -0.2) is 0 Å². The van der Waals surface area contributed by atoms with E-state index in [9.17, 15) is 9.59 Å². The molecule has 5 aliphatic rings. The Morgan fingerprint density at radius 2 is 1.95 bits per heavy atom. The smallest absolute Gasteiger partial charge is 0.302 e. The van der Waals surface area contributed by atoms with Crippen molar-refractivity contribution in [2.24, 2.45) is 40.4 Å². The van der Waals surface area contributed by atoms with Gasteiger partial charge in [0.2, 0.25) is 5.91 Å². The zero-order valence-corrected chi connectivity index (χ0v) is 25.0. The minimum Gasteiger partial charge on any atom is -0.491 e. The summed E-state index contributed by atoms with van der Waals surface area (Å²) in [7, 11) is 0. The van der Waals surface area contributed by atoms with Crippen LogP contribution in [-0.4, -0.2) is 30.1 Å². The summed E-state index contributed by atoms with van der Waals surface area (Å²) in [6.07, 6.45) is 13.7. The first-order valence-electron chi connectivity index (χ1n) is 15.4. The van der Waals surface area contributed by atoms with E-state index in [4.69, 9.17) is 9.47 Å². The first kappa shape index (κ1) is 27.8. The van der Waals surface area contributed by atoms with E-state index in [1.807, 2.05) is 0 Å². The topological polar surface area (TPSA) is 64.6 Å². The zero-order chi connectivity index (χ0) is 27.5. The predicted octanol–water partition coefficient (Wildman–Crippen LogP) is 7.11. The standard InChI is InChI=1S/C33H51NO4/c1-8-33-18-28-26-11-10-24-17-25(37-23(5)36)13-15-31(24,6)27(26)14-16-32(28,7)30(33)21(3)29(38-33)12-9-20(2)19-34-22(4)35/h10,20,25-28,30H,8-9,11-19H2,1-7H3,(H,34,35)/t20-,25+,26+,27+,28+,30+,31-,32-,33-/m0/s1. The Morgan fingerprint density at radius 1 is 1.18 bits per heavy atom. The summed E-state index contributed by atoms with van der Waals surface area (Å²) in [6, 6.07) is 0. The van der Waals surface area contributed by atoms with Crippen molar-refractivity contribution in [3.05, 3.63) is 23.0 Å². The molecule has 1 amide bonds. The van der Waals surface area contributed by atoms with Gasteiger partial charge >= 0.3 is 5.97 Å². The van der Waals surface area contributed by atoms with E-state index in [1.165, 1.54) is 43.9 Å². The number of allylic oxidation sites excluding steroid dienone is 2. The molecule has 1 heterocycles. The lowest BCUT2D eigenvalue weighted by atomic mass is 9.47. The van der Waals surface area contributed by atoms with Crippen LogP contribution < -0.4 is 5.32 Å². The van der Waals surface area contributed by atoms with Gasteiger partial charge in [0.05, 0.1) is 5.76 Å². The van der Waals surface area contributed by atoms with Crippen LogP contribution in [0.3, 0.4) is 0 Å².